The monoisotopic (exact) mass is 232 g/mol. The van der Waals surface area contributed by atoms with Crippen molar-refractivity contribution >= 4 is 24.8 Å². The van der Waals surface area contributed by atoms with Crippen LogP contribution in [0.5, 0.6) is 0 Å². The maximum absolute atomic E-state index is 3.96. The summed E-state index contributed by atoms with van der Waals surface area (Å²) in [6.45, 7) is 0. The number of hydrogen-bond donors (Lipinski definition) is 1. The Labute approximate surface area is 94.0 Å². The van der Waals surface area contributed by atoms with E-state index >= 15 is 0 Å². The molecule has 0 amide bonds. The molecule has 2 heterocycles. The zero-order chi connectivity index (χ0) is 8.23. The van der Waals surface area contributed by atoms with Gasteiger partial charge in [0, 0.05) is 18.8 Å². The second-order valence-corrected chi connectivity index (χ2v) is 2.50. The fourth-order valence-electron chi connectivity index (χ4n) is 1.01. The van der Waals surface area contributed by atoms with E-state index in [-0.39, 0.29) is 24.8 Å². The lowest BCUT2D eigenvalue weighted by Crippen LogP contribution is -1.91. The van der Waals surface area contributed by atoms with Crippen molar-refractivity contribution in [2.75, 3.05) is 0 Å². The van der Waals surface area contributed by atoms with Crippen LogP contribution in [0.4, 0.5) is 0 Å². The van der Waals surface area contributed by atoms with Gasteiger partial charge in [-0.05, 0) is 17.7 Å². The largest absolute Gasteiger partial charge is 0.285 e. The van der Waals surface area contributed by atoms with Gasteiger partial charge >= 0.3 is 0 Å². The molecule has 0 spiro atoms. The molecule has 0 saturated heterocycles. The highest BCUT2D eigenvalue weighted by Gasteiger charge is 1.96. The number of hydrogen-bond acceptors (Lipinski definition) is 3. The molecule has 0 fully saturated rings. The molecule has 0 aliphatic rings. The van der Waals surface area contributed by atoms with E-state index in [9.17, 15) is 0 Å². The Morgan fingerprint density at radius 3 is 2.71 bits per heavy atom. The fraction of sp³-hybridized carbons (Fsp3) is 0.125. The Morgan fingerprint density at radius 2 is 2.14 bits per heavy atom. The number of aromatic amines is 1. The zero-order valence-electron chi connectivity index (χ0n) is 7.25. The summed E-state index contributed by atoms with van der Waals surface area (Å²) in [7, 11) is 0. The molecule has 1 N–H and O–H groups in total. The van der Waals surface area contributed by atoms with E-state index in [0.717, 1.165) is 17.7 Å². The first-order valence-corrected chi connectivity index (χ1v) is 3.69. The summed E-state index contributed by atoms with van der Waals surface area (Å²) >= 11 is 0. The topological polar surface area (TPSA) is 54.5 Å². The van der Waals surface area contributed by atoms with Crippen LogP contribution in [0.15, 0.2) is 30.7 Å². The first-order chi connectivity index (χ1) is 5.95. The summed E-state index contributed by atoms with van der Waals surface area (Å²) in [5.41, 5.74) is 2.08. The van der Waals surface area contributed by atoms with E-state index in [4.69, 9.17) is 0 Å². The van der Waals surface area contributed by atoms with Crippen molar-refractivity contribution in [3.63, 3.8) is 0 Å². The van der Waals surface area contributed by atoms with E-state index in [1.807, 2.05) is 18.3 Å². The molecule has 0 bridgehead atoms. The Morgan fingerprint density at radius 1 is 1.29 bits per heavy atom. The third kappa shape index (κ3) is 3.32. The van der Waals surface area contributed by atoms with Crippen LogP contribution < -0.4 is 0 Å². The smallest absolute Gasteiger partial charge is 0.0676 e. The Balaban J connectivity index is 0.000000845. The van der Waals surface area contributed by atoms with Gasteiger partial charge in [0.2, 0.25) is 0 Å². The minimum absolute atomic E-state index is 0. The van der Waals surface area contributed by atoms with Gasteiger partial charge in [-0.15, -0.1) is 24.8 Å². The molecule has 0 unspecified atom stereocenters. The lowest BCUT2D eigenvalue weighted by molar-refractivity contribution is 0.937. The number of nitrogens with one attached hydrogen (secondary N) is 1. The van der Waals surface area contributed by atoms with Crippen molar-refractivity contribution in [3.05, 3.63) is 42.0 Å². The van der Waals surface area contributed by atoms with Crippen LogP contribution in [0.2, 0.25) is 0 Å². The Hall–Kier alpha value is -1.13. The van der Waals surface area contributed by atoms with Gasteiger partial charge < -0.3 is 0 Å². The molecule has 0 aromatic carbocycles. The van der Waals surface area contributed by atoms with Gasteiger partial charge in [-0.2, -0.15) is 15.3 Å². The second-order valence-electron chi connectivity index (χ2n) is 2.50. The van der Waals surface area contributed by atoms with Gasteiger partial charge in [0.15, 0.2) is 0 Å². The molecular weight excluding hydrogens is 223 g/mol. The Kier molecular flexibility index (Phi) is 5.83. The molecule has 0 radical (unpaired) electrons. The maximum Gasteiger partial charge on any atom is 0.0676 e. The predicted molar refractivity (Wildman–Crippen MR) is 57.9 cm³/mol. The average molecular weight is 233 g/mol. The van der Waals surface area contributed by atoms with Crippen LogP contribution in [-0.2, 0) is 6.42 Å². The minimum Gasteiger partial charge on any atom is -0.285 e. The lowest BCUT2D eigenvalue weighted by Gasteiger charge is -1.93. The summed E-state index contributed by atoms with van der Waals surface area (Å²) in [6.07, 6.45) is 6.09. The van der Waals surface area contributed by atoms with Crippen molar-refractivity contribution < 1.29 is 0 Å². The van der Waals surface area contributed by atoms with Gasteiger partial charge in [-0.3, -0.25) is 5.10 Å². The quantitative estimate of drug-likeness (QED) is 0.857. The van der Waals surface area contributed by atoms with Crippen molar-refractivity contribution in [2.24, 2.45) is 0 Å². The number of H-pyrrole nitrogens is 1. The summed E-state index contributed by atoms with van der Waals surface area (Å²) in [6, 6.07) is 3.82. The molecule has 14 heavy (non-hydrogen) atoms. The molecule has 0 aliphatic carbocycles. The van der Waals surface area contributed by atoms with E-state index in [1.165, 1.54) is 0 Å². The average Bonchev–Trinajstić information content (AvgIpc) is 2.59. The van der Waals surface area contributed by atoms with Crippen molar-refractivity contribution in [1.29, 1.82) is 0 Å². The maximum atomic E-state index is 3.96. The van der Waals surface area contributed by atoms with Crippen molar-refractivity contribution in [3.8, 4) is 0 Å². The Bertz CT molecular complexity index is 336. The van der Waals surface area contributed by atoms with Crippen LogP contribution in [0.3, 0.4) is 0 Å². The molecule has 0 aliphatic heterocycles. The molecule has 4 nitrogen and oxygen atoms in total. The van der Waals surface area contributed by atoms with Crippen LogP contribution >= 0.6 is 24.8 Å². The van der Waals surface area contributed by atoms with Crippen LogP contribution in [0.1, 0.15) is 11.3 Å². The normalized spacial score (nSPS) is 8.57. The van der Waals surface area contributed by atoms with Crippen molar-refractivity contribution in [1.82, 2.24) is 20.4 Å². The van der Waals surface area contributed by atoms with Crippen molar-refractivity contribution in [2.45, 2.75) is 6.42 Å². The first-order valence-electron chi connectivity index (χ1n) is 3.69. The molecule has 6 heteroatoms. The van der Waals surface area contributed by atoms with Gasteiger partial charge in [0.25, 0.3) is 0 Å². The van der Waals surface area contributed by atoms with Gasteiger partial charge in [0.05, 0.1) is 11.9 Å². The molecule has 2 aromatic rings. The van der Waals surface area contributed by atoms with E-state index in [1.54, 1.807) is 12.4 Å². The van der Waals surface area contributed by atoms with E-state index in [0.29, 0.717) is 0 Å². The molecule has 0 saturated carbocycles. The molecule has 76 valence electrons. The van der Waals surface area contributed by atoms with E-state index < -0.39 is 0 Å². The highest BCUT2D eigenvalue weighted by Crippen LogP contribution is 2.02. The van der Waals surface area contributed by atoms with Gasteiger partial charge in [-0.1, -0.05) is 0 Å². The highest BCUT2D eigenvalue weighted by molar-refractivity contribution is 5.85. The number of rotatable bonds is 2. The van der Waals surface area contributed by atoms with Gasteiger partial charge in [-0.25, -0.2) is 0 Å². The first kappa shape index (κ1) is 12.9. The SMILES string of the molecule is Cl.Cl.c1cnnc(Cc2cn[nH]c2)c1. The summed E-state index contributed by atoms with van der Waals surface area (Å²) in [4.78, 5) is 0. The fourth-order valence-corrected chi connectivity index (χ4v) is 1.01. The molecule has 0 atom stereocenters. The summed E-state index contributed by atoms with van der Waals surface area (Å²) < 4.78 is 0. The van der Waals surface area contributed by atoms with E-state index in [2.05, 4.69) is 20.4 Å². The standard InChI is InChI=1S/C8H8N4.2ClH/c1-2-8(12-9-3-1)4-7-5-10-11-6-7;;/h1-3,5-6H,4H2,(H,10,11);2*1H. The third-order valence-corrected chi connectivity index (χ3v) is 1.57. The summed E-state index contributed by atoms with van der Waals surface area (Å²) in [5, 5.41) is 14.3. The minimum atomic E-state index is 0. The van der Waals surface area contributed by atoms with Crippen LogP contribution in [0.25, 0.3) is 0 Å². The third-order valence-electron chi connectivity index (χ3n) is 1.57. The molecule has 2 aromatic heterocycles. The molecular formula is C8H10Cl2N4. The van der Waals surface area contributed by atoms with Crippen LogP contribution in [-0.4, -0.2) is 20.4 Å². The zero-order valence-corrected chi connectivity index (χ0v) is 8.88. The predicted octanol–water partition coefficient (Wildman–Crippen LogP) is 1.63. The van der Waals surface area contributed by atoms with Gasteiger partial charge in [0.1, 0.15) is 0 Å². The van der Waals surface area contributed by atoms with Crippen LogP contribution in [0, 0.1) is 0 Å². The lowest BCUT2D eigenvalue weighted by atomic mass is 10.2. The number of aromatic nitrogens is 4. The highest BCUT2D eigenvalue weighted by atomic mass is 35.5. The second kappa shape index (κ2) is 6.34. The molecule has 2 rings (SSSR count). The number of nitrogens with zero attached hydrogens (tertiary/aromatic N) is 3. The number of halogens is 2. The summed E-state index contributed by atoms with van der Waals surface area (Å²) in [5.74, 6) is 0.